The van der Waals surface area contributed by atoms with Gasteiger partial charge in [0, 0.05) is 43.9 Å². The number of rotatable bonds is 4. The van der Waals surface area contributed by atoms with E-state index in [0.29, 0.717) is 42.7 Å². The topological polar surface area (TPSA) is 123 Å². The van der Waals surface area contributed by atoms with Crippen LogP contribution in [0.3, 0.4) is 0 Å². The van der Waals surface area contributed by atoms with Crippen LogP contribution in [0.4, 0.5) is 9.18 Å². The normalized spacial score (nSPS) is 15.2. The van der Waals surface area contributed by atoms with Crippen LogP contribution in [0.15, 0.2) is 41.7 Å². The van der Waals surface area contributed by atoms with Crippen molar-refractivity contribution in [2.45, 2.75) is 23.8 Å². The Kier molecular flexibility index (Phi) is 5.44. The standard InChI is InChI=1S/C20H19FN4O5S/c1-31(28,29)13-2-3-14(16(21)10-13)17-18-15(4-7-22-17)19(24-11-23-18)30-12-5-8-25(9-6-12)20(26)27/h2-4,7,10-12H,5-6,8-9H2,1H3,(H,26,27). The molecule has 162 valence electrons. The van der Waals surface area contributed by atoms with Crippen molar-refractivity contribution in [3.8, 4) is 17.1 Å². The molecule has 9 nitrogen and oxygen atoms in total. The highest BCUT2D eigenvalue weighted by molar-refractivity contribution is 7.90. The molecule has 31 heavy (non-hydrogen) atoms. The molecule has 0 saturated carbocycles. The first-order chi connectivity index (χ1) is 14.7. The van der Waals surface area contributed by atoms with Crippen LogP contribution in [0.2, 0.25) is 0 Å². The number of nitrogens with zero attached hydrogens (tertiary/aromatic N) is 4. The summed E-state index contributed by atoms with van der Waals surface area (Å²) in [5, 5.41) is 9.60. The van der Waals surface area contributed by atoms with Gasteiger partial charge in [-0.25, -0.2) is 27.6 Å². The second-order valence-corrected chi connectivity index (χ2v) is 9.25. The molecule has 1 N–H and O–H groups in total. The van der Waals surface area contributed by atoms with Crippen LogP contribution in [-0.2, 0) is 9.84 Å². The number of fused-ring (bicyclic) bond motifs is 1. The number of likely N-dealkylation sites (tertiary alicyclic amines) is 1. The predicted octanol–water partition coefficient (Wildman–Crippen LogP) is 2.76. The van der Waals surface area contributed by atoms with Crippen molar-refractivity contribution >= 4 is 26.8 Å². The minimum atomic E-state index is -3.55. The van der Waals surface area contributed by atoms with Crippen LogP contribution < -0.4 is 4.74 Å². The maximum absolute atomic E-state index is 14.7. The van der Waals surface area contributed by atoms with Gasteiger partial charge in [-0.3, -0.25) is 4.98 Å². The second-order valence-electron chi connectivity index (χ2n) is 7.24. The molecule has 0 atom stereocenters. The SMILES string of the molecule is CS(=O)(=O)c1ccc(-c2nccc3c(OC4CCN(C(=O)O)CC4)ncnc23)c(F)c1. The molecule has 1 fully saturated rings. The van der Waals surface area contributed by atoms with Gasteiger partial charge in [0.1, 0.15) is 23.8 Å². The molecule has 11 heteroatoms. The van der Waals surface area contributed by atoms with Crippen LogP contribution in [0.1, 0.15) is 12.8 Å². The highest BCUT2D eigenvalue weighted by atomic mass is 32.2. The van der Waals surface area contributed by atoms with Gasteiger partial charge >= 0.3 is 6.09 Å². The Morgan fingerprint density at radius 2 is 1.94 bits per heavy atom. The van der Waals surface area contributed by atoms with E-state index in [9.17, 15) is 17.6 Å². The molecule has 1 amide bonds. The molecule has 1 aliphatic rings. The maximum Gasteiger partial charge on any atom is 0.407 e. The summed E-state index contributed by atoms with van der Waals surface area (Å²) in [7, 11) is -3.55. The predicted molar refractivity (Wildman–Crippen MR) is 109 cm³/mol. The Hall–Kier alpha value is -3.34. The van der Waals surface area contributed by atoms with Crippen LogP contribution >= 0.6 is 0 Å². The molecule has 0 unspecified atom stereocenters. The van der Waals surface area contributed by atoms with Gasteiger partial charge in [0.15, 0.2) is 9.84 Å². The number of carbonyl (C=O) groups is 1. The van der Waals surface area contributed by atoms with Gasteiger partial charge in [-0.15, -0.1) is 0 Å². The Balaban J connectivity index is 1.67. The number of hydrogen-bond donors (Lipinski definition) is 1. The molecule has 3 aromatic rings. The van der Waals surface area contributed by atoms with E-state index < -0.39 is 21.7 Å². The van der Waals surface area contributed by atoms with Crippen molar-refractivity contribution in [2.24, 2.45) is 0 Å². The van der Waals surface area contributed by atoms with Gasteiger partial charge in [-0.2, -0.15) is 0 Å². The highest BCUT2D eigenvalue weighted by Crippen LogP contribution is 2.32. The molecule has 1 aliphatic heterocycles. The lowest BCUT2D eigenvalue weighted by Gasteiger charge is -2.30. The van der Waals surface area contributed by atoms with E-state index in [1.54, 1.807) is 6.07 Å². The Morgan fingerprint density at radius 1 is 1.19 bits per heavy atom. The zero-order valence-electron chi connectivity index (χ0n) is 16.5. The highest BCUT2D eigenvalue weighted by Gasteiger charge is 2.25. The van der Waals surface area contributed by atoms with Gasteiger partial charge < -0.3 is 14.7 Å². The minimum Gasteiger partial charge on any atom is -0.474 e. The summed E-state index contributed by atoms with van der Waals surface area (Å²) in [5.41, 5.74) is 0.710. The molecule has 0 aliphatic carbocycles. The van der Waals surface area contributed by atoms with E-state index in [2.05, 4.69) is 15.0 Å². The Morgan fingerprint density at radius 3 is 2.58 bits per heavy atom. The van der Waals surface area contributed by atoms with Crippen molar-refractivity contribution in [3.63, 3.8) is 0 Å². The van der Waals surface area contributed by atoms with Gasteiger partial charge in [0.05, 0.1) is 16.0 Å². The third kappa shape index (κ3) is 4.26. The lowest BCUT2D eigenvalue weighted by atomic mass is 10.1. The average molecular weight is 446 g/mol. The molecule has 4 rings (SSSR count). The van der Waals surface area contributed by atoms with Gasteiger partial charge in [0.2, 0.25) is 5.88 Å². The van der Waals surface area contributed by atoms with E-state index in [0.717, 1.165) is 12.3 Å². The molecular formula is C20H19FN4O5S. The van der Waals surface area contributed by atoms with E-state index in [4.69, 9.17) is 9.84 Å². The summed E-state index contributed by atoms with van der Waals surface area (Å²) in [6, 6.07) is 5.30. The number of hydrogen-bond acceptors (Lipinski definition) is 7. The number of ether oxygens (including phenoxy) is 1. The van der Waals surface area contributed by atoms with E-state index in [-0.39, 0.29) is 22.3 Å². The van der Waals surface area contributed by atoms with Crippen LogP contribution in [0.25, 0.3) is 22.2 Å². The number of piperidine rings is 1. The smallest absolute Gasteiger partial charge is 0.407 e. The molecule has 3 heterocycles. The van der Waals surface area contributed by atoms with Gasteiger partial charge in [-0.1, -0.05) is 0 Å². The first-order valence-corrected chi connectivity index (χ1v) is 11.4. The van der Waals surface area contributed by atoms with Crippen molar-refractivity contribution in [3.05, 3.63) is 42.6 Å². The lowest BCUT2D eigenvalue weighted by Crippen LogP contribution is -2.41. The number of amides is 1. The fraction of sp³-hybridized carbons (Fsp3) is 0.300. The molecule has 0 bridgehead atoms. The minimum absolute atomic E-state index is 0.109. The van der Waals surface area contributed by atoms with E-state index >= 15 is 0 Å². The third-order valence-corrected chi connectivity index (χ3v) is 6.24. The summed E-state index contributed by atoms with van der Waals surface area (Å²) >= 11 is 0. The fourth-order valence-corrected chi connectivity index (χ4v) is 4.13. The number of benzene rings is 1. The number of sulfone groups is 1. The largest absolute Gasteiger partial charge is 0.474 e. The number of aromatic nitrogens is 3. The number of halogens is 1. The zero-order chi connectivity index (χ0) is 22.2. The quantitative estimate of drug-likeness (QED) is 0.649. The van der Waals surface area contributed by atoms with Crippen LogP contribution in [0.5, 0.6) is 5.88 Å². The number of pyridine rings is 1. The first kappa shape index (κ1) is 20.9. The average Bonchev–Trinajstić information content (AvgIpc) is 2.73. The molecule has 0 radical (unpaired) electrons. The van der Waals surface area contributed by atoms with Crippen LogP contribution in [0, 0.1) is 5.82 Å². The number of carboxylic acid groups (broad SMARTS) is 1. The van der Waals surface area contributed by atoms with Crippen molar-refractivity contribution < 1.29 is 27.4 Å². The molecule has 1 saturated heterocycles. The summed E-state index contributed by atoms with van der Waals surface area (Å²) in [6.45, 7) is 0.738. The Labute approximate surface area is 177 Å². The third-order valence-electron chi connectivity index (χ3n) is 5.13. The maximum atomic E-state index is 14.7. The molecular weight excluding hydrogens is 427 g/mol. The Bertz CT molecular complexity index is 1260. The fourth-order valence-electron chi connectivity index (χ4n) is 3.50. The van der Waals surface area contributed by atoms with Crippen LogP contribution in [-0.4, -0.2) is 64.9 Å². The van der Waals surface area contributed by atoms with Gasteiger partial charge in [-0.05, 0) is 24.3 Å². The van der Waals surface area contributed by atoms with Crippen molar-refractivity contribution in [1.29, 1.82) is 0 Å². The molecule has 2 aromatic heterocycles. The summed E-state index contributed by atoms with van der Waals surface area (Å²) in [5.74, 6) is -0.430. The lowest BCUT2D eigenvalue weighted by molar-refractivity contribution is 0.0879. The summed E-state index contributed by atoms with van der Waals surface area (Å²) in [6.07, 6.45) is 3.66. The monoisotopic (exact) mass is 446 g/mol. The van der Waals surface area contributed by atoms with Gasteiger partial charge in [0.25, 0.3) is 0 Å². The van der Waals surface area contributed by atoms with E-state index in [1.807, 2.05) is 0 Å². The summed E-state index contributed by atoms with van der Waals surface area (Å²) < 4.78 is 44.1. The first-order valence-electron chi connectivity index (χ1n) is 9.48. The van der Waals surface area contributed by atoms with E-state index in [1.165, 1.54) is 29.6 Å². The second kappa shape index (κ2) is 8.06. The molecule has 0 spiro atoms. The van der Waals surface area contributed by atoms with Crippen molar-refractivity contribution in [1.82, 2.24) is 19.9 Å². The zero-order valence-corrected chi connectivity index (χ0v) is 17.3. The molecule has 1 aromatic carbocycles. The summed E-state index contributed by atoms with van der Waals surface area (Å²) in [4.78, 5) is 24.9. The van der Waals surface area contributed by atoms with Crippen molar-refractivity contribution in [2.75, 3.05) is 19.3 Å².